The fraction of sp³-hybridized carbons (Fsp3) is 0.120. The maximum atomic E-state index is 13.4. The molecular formula is C25H21FN4O4. The van der Waals surface area contributed by atoms with Crippen molar-refractivity contribution in [1.29, 1.82) is 0 Å². The number of nitrogens with zero attached hydrogens (tertiary/aromatic N) is 3. The second-order valence-corrected chi connectivity index (χ2v) is 7.70. The molecule has 0 bridgehead atoms. The minimum absolute atomic E-state index is 0.0628. The molecule has 0 aliphatic heterocycles. The van der Waals surface area contributed by atoms with Crippen LogP contribution < -0.4 is 10.1 Å². The van der Waals surface area contributed by atoms with Gasteiger partial charge in [-0.05, 0) is 53.9 Å². The quantitative estimate of drug-likeness (QED) is 0.291. The zero-order valence-corrected chi connectivity index (χ0v) is 18.3. The zero-order chi connectivity index (χ0) is 24.1. The lowest BCUT2D eigenvalue weighted by Crippen LogP contribution is -2.13. The summed E-state index contributed by atoms with van der Waals surface area (Å²) in [6, 6.07) is 19.4. The highest BCUT2D eigenvalue weighted by molar-refractivity contribution is 6.03. The Balaban J connectivity index is 1.40. The van der Waals surface area contributed by atoms with Crippen molar-refractivity contribution >= 4 is 17.4 Å². The summed E-state index contributed by atoms with van der Waals surface area (Å²) in [5.41, 5.74) is 2.47. The lowest BCUT2D eigenvalue weighted by molar-refractivity contribution is -0.386. The van der Waals surface area contributed by atoms with Crippen LogP contribution in [0.25, 0.3) is 0 Å². The average Bonchev–Trinajstić information content (AvgIpc) is 3.24. The number of anilines is 1. The summed E-state index contributed by atoms with van der Waals surface area (Å²) in [6.45, 7) is 2.20. The summed E-state index contributed by atoms with van der Waals surface area (Å²) in [5.74, 6) is -0.161. The molecule has 4 rings (SSSR count). The Morgan fingerprint density at radius 1 is 1.09 bits per heavy atom. The van der Waals surface area contributed by atoms with E-state index >= 15 is 0 Å². The molecule has 1 heterocycles. The highest BCUT2D eigenvalue weighted by atomic mass is 19.1. The Bertz CT molecular complexity index is 1350. The predicted octanol–water partition coefficient (Wildman–Crippen LogP) is 5.12. The molecule has 0 spiro atoms. The van der Waals surface area contributed by atoms with Gasteiger partial charge in [0.05, 0.1) is 11.5 Å². The van der Waals surface area contributed by atoms with Crippen LogP contribution in [0.4, 0.5) is 15.9 Å². The maximum absolute atomic E-state index is 13.4. The summed E-state index contributed by atoms with van der Waals surface area (Å²) in [6.07, 6.45) is 1.69. The van der Waals surface area contributed by atoms with Gasteiger partial charge >= 0.3 is 5.69 Å². The zero-order valence-electron chi connectivity index (χ0n) is 18.3. The van der Waals surface area contributed by atoms with Gasteiger partial charge in [0, 0.05) is 23.9 Å². The fourth-order valence-corrected chi connectivity index (χ4v) is 3.38. The van der Waals surface area contributed by atoms with Gasteiger partial charge in [-0.25, -0.2) is 4.39 Å². The summed E-state index contributed by atoms with van der Waals surface area (Å²) in [4.78, 5) is 23.5. The first-order valence-corrected chi connectivity index (χ1v) is 10.4. The Hall–Kier alpha value is -4.53. The lowest BCUT2D eigenvalue weighted by atomic mass is 10.1. The third kappa shape index (κ3) is 5.63. The Kier molecular flexibility index (Phi) is 6.63. The van der Waals surface area contributed by atoms with Crippen molar-refractivity contribution in [2.24, 2.45) is 0 Å². The molecule has 0 atom stereocenters. The molecule has 1 N–H and O–H groups in total. The molecular weight excluding hydrogens is 439 g/mol. The van der Waals surface area contributed by atoms with E-state index < -0.39 is 4.92 Å². The van der Waals surface area contributed by atoms with E-state index in [-0.39, 0.29) is 29.8 Å². The van der Waals surface area contributed by atoms with Gasteiger partial charge in [-0.2, -0.15) is 5.10 Å². The number of nitro groups is 1. The fourth-order valence-electron chi connectivity index (χ4n) is 3.38. The number of carbonyl (C=O) groups excluding carboxylic acids is 1. The van der Waals surface area contributed by atoms with Crippen molar-refractivity contribution in [2.75, 3.05) is 5.32 Å². The van der Waals surface area contributed by atoms with Gasteiger partial charge in [-0.1, -0.05) is 30.3 Å². The van der Waals surface area contributed by atoms with Gasteiger partial charge < -0.3 is 10.1 Å². The largest absolute Gasteiger partial charge is 0.482 e. The van der Waals surface area contributed by atoms with Crippen molar-refractivity contribution < 1.29 is 18.8 Å². The first kappa shape index (κ1) is 22.7. The van der Waals surface area contributed by atoms with E-state index in [1.54, 1.807) is 72.4 Å². The molecule has 0 radical (unpaired) electrons. The van der Waals surface area contributed by atoms with Gasteiger partial charge in [-0.3, -0.25) is 19.6 Å². The molecule has 8 nitrogen and oxygen atoms in total. The normalized spacial score (nSPS) is 10.6. The van der Waals surface area contributed by atoms with Crippen LogP contribution in [0.1, 0.15) is 27.0 Å². The summed E-state index contributed by atoms with van der Waals surface area (Å²) in [5, 5.41) is 18.3. The number of hydrogen-bond donors (Lipinski definition) is 1. The van der Waals surface area contributed by atoms with Crippen LogP contribution in [-0.2, 0) is 13.2 Å². The second kappa shape index (κ2) is 9.95. The number of halogens is 1. The van der Waals surface area contributed by atoms with E-state index in [9.17, 15) is 19.3 Å². The highest BCUT2D eigenvalue weighted by Crippen LogP contribution is 2.28. The molecule has 9 heteroatoms. The molecule has 1 aromatic heterocycles. The smallest absolute Gasteiger partial charge is 0.311 e. The number of carbonyl (C=O) groups is 1. The topological polar surface area (TPSA) is 99.3 Å². The first-order valence-electron chi connectivity index (χ1n) is 10.4. The number of rotatable bonds is 8. The molecule has 0 aliphatic rings. The number of benzene rings is 3. The van der Waals surface area contributed by atoms with E-state index in [2.05, 4.69) is 10.4 Å². The molecule has 0 saturated carbocycles. The monoisotopic (exact) mass is 460 g/mol. The van der Waals surface area contributed by atoms with Crippen LogP contribution in [0, 0.1) is 22.9 Å². The van der Waals surface area contributed by atoms with Crippen LogP contribution >= 0.6 is 0 Å². The van der Waals surface area contributed by atoms with Crippen molar-refractivity contribution in [3.63, 3.8) is 0 Å². The number of hydrogen-bond acceptors (Lipinski definition) is 5. The van der Waals surface area contributed by atoms with Gasteiger partial charge in [-0.15, -0.1) is 0 Å². The minimum Gasteiger partial charge on any atom is -0.482 e. The Morgan fingerprint density at radius 3 is 2.68 bits per heavy atom. The van der Waals surface area contributed by atoms with E-state index in [0.29, 0.717) is 23.5 Å². The van der Waals surface area contributed by atoms with Crippen LogP contribution in [0.2, 0.25) is 0 Å². The van der Waals surface area contributed by atoms with Crippen molar-refractivity contribution in [2.45, 2.75) is 20.1 Å². The number of nitrogens with one attached hydrogen (secondary N) is 1. The number of nitro benzene ring substituents is 1. The SMILES string of the molecule is Cc1ccc(OCc2cccc(C(=O)Nc3ccn(Cc4cccc(F)c4)n3)c2)c([N+](=O)[O-])c1. The molecule has 172 valence electrons. The van der Waals surface area contributed by atoms with E-state index in [1.165, 1.54) is 18.2 Å². The molecule has 4 aromatic rings. The molecule has 0 aliphatic carbocycles. The molecule has 0 saturated heterocycles. The number of aromatic nitrogens is 2. The summed E-state index contributed by atoms with van der Waals surface area (Å²) in [7, 11) is 0. The third-order valence-corrected chi connectivity index (χ3v) is 5.01. The van der Waals surface area contributed by atoms with Crippen LogP contribution in [-0.4, -0.2) is 20.6 Å². The van der Waals surface area contributed by atoms with Gasteiger partial charge in [0.2, 0.25) is 0 Å². The molecule has 1 amide bonds. The number of aryl methyl sites for hydroxylation is 1. The first-order chi connectivity index (χ1) is 16.4. The van der Waals surface area contributed by atoms with Gasteiger partial charge in [0.15, 0.2) is 11.6 Å². The van der Waals surface area contributed by atoms with E-state index in [1.807, 2.05) is 0 Å². The number of amides is 1. The number of ether oxygens (including phenoxy) is 1. The van der Waals surface area contributed by atoms with Crippen LogP contribution in [0.5, 0.6) is 5.75 Å². The van der Waals surface area contributed by atoms with Crippen molar-refractivity contribution in [3.8, 4) is 5.75 Å². The van der Waals surface area contributed by atoms with Gasteiger partial charge in [0.1, 0.15) is 12.4 Å². The molecule has 3 aromatic carbocycles. The standard InChI is InChI=1S/C25H21FN4O4/c1-17-8-9-23(22(12-17)30(32)33)34-16-19-5-2-6-20(13-19)25(31)27-24-10-11-29(28-24)15-18-4-3-7-21(26)14-18/h2-14H,15-16H2,1H3,(H,27,28,31). The molecule has 0 fully saturated rings. The van der Waals surface area contributed by atoms with Crippen LogP contribution in [0.15, 0.2) is 79.0 Å². The Morgan fingerprint density at radius 2 is 1.88 bits per heavy atom. The van der Waals surface area contributed by atoms with E-state index in [4.69, 9.17) is 4.74 Å². The summed E-state index contributed by atoms with van der Waals surface area (Å²) >= 11 is 0. The predicted molar refractivity (Wildman–Crippen MR) is 124 cm³/mol. The molecule has 0 unspecified atom stereocenters. The second-order valence-electron chi connectivity index (χ2n) is 7.70. The lowest BCUT2D eigenvalue weighted by Gasteiger charge is -2.09. The van der Waals surface area contributed by atoms with E-state index in [0.717, 1.165) is 11.1 Å². The Labute approximate surface area is 194 Å². The average molecular weight is 460 g/mol. The highest BCUT2D eigenvalue weighted by Gasteiger charge is 2.16. The van der Waals surface area contributed by atoms with Crippen molar-refractivity contribution in [3.05, 3.63) is 117 Å². The van der Waals surface area contributed by atoms with Crippen molar-refractivity contribution in [1.82, 2.24) is 9.78 Å². The third-order valence-electron chi connectivity index (χ3n) is 5.01. The maximum Gasteiger partial charge on any atom is 0.311 e. The minimum atomic E-state index is -0.486. The summed E-state index contributed by atoms with van der Waals surface area (Å²) < 4.78 is 20.6. The van der Waals surface area contributed by atoms with Gasteiger partial charge in [0.25, 0.3) is 5.91 Å². The van der Waals surface area contributed by atoms with Crippen LogP contribution in [0.3, 0.4) is 0 Å². The molecule has 34 heavy (non-hydrogen) atoms.